The maximum absolute atomic E-state index is 11.1. The first-order chi connectivity index (χ1) is 9.45. The van der Waals surface area contributed by atoms with Crippen molar-refractivity contribution < 1.29 is 8.42 Å². The second-order valence-electron chi connectivity index (χ2n) is 4.63. The van der Waals surface area contributed by atoms with Crippen molar-refractivity contribution in [1.82, 2.24) is 5.32 Å². The number of nitrogens with two attached hydrogens (primary N) is 1. The molecule has 0 radical (unpaired) electrons. The summed E-state index contributed by atoms with van der Waals surface area (Å²) in [6, 6.07) is 11.0. The minimum atomic E-state index is -3.59. The maximum Gasteiger partial charge on any atom is 0.238 e. The molecule has 0 saturated carbocycles. The summed E-state index contributed by atoms with van der Waals surface area (Å²) in [7, 11) is -3.59. The number of primary sulfonamides is 1. The molecule has 0 aliphatic heterocycles. The Morgan fingerprint density at radius 3 is 2.40 bits per heavy atom. The molecule has 6 heteroatoms. The number of aryl methyl sites for hydroxylation is 1. The van der Waals surface area contributed by atoms with Crippen molar-refractivity contribution in [3.8, 4) is 0 Å². The molecule has 20 heavy (non-hydrogen) atoms. The largest absolute Gasteiger partial charge is 0.312 e. The van der Waals surface area contributed by atoms with Gasteiger partial charge in [0.25, 0.3) is 0 Å². The Hall–Kier alpha value is -1.21. The third-order valence-electron chi connectivity index (χ3n) is 2.94. The number of nitrogens with one attached hydrogen (secondary N) is 1. The van der Waals surface area contributed by atoms with Crippen LogP contribution in [0.3, 0.4) is 0 Å². The lowest BCUT2D eigenvalue weighted by atomic mass is 10.1. The molecule has 108 valence electrons. The van der Waals surface area contributed by atoms with E-state index < -0.39 is 10.0 Å². The molecule has 3 N–H and O–H groups in total. The van der Waals surface area contributed by atoms with E-state index in [-0.39, 0.29) is 4.90 Å². The summed E-state index contributed by atoms with van der Waals surface area (Å²) in [6.45, 7) is 3.82. The van der Waals surface area contributed by atoms with Gasteiger partial charge in [-0.2, -0.15) is 0 Å². The first-order valence-electron chi connectivity index (χ1n) is 6.33. The van der Waals surface area contributed by atoms with Crippen LogP contribution in [-0.2, 0) is 23.0 Å². The Morgan fingerprint density at radius 2 is 1.85 bits per heavy atom. The Morgan fingerprint density at radius 1 is 1.15 bits per heavy atom. The average molecular weight is 310 g/mol. The summed E-state index contributed by atoms with van der Waals surface area (Å²) >= 11 is 1.80. The quantitative estimate of drug-likeness (QED) is 0.802. The minimum Gasteiger partial charge on any atom is -0.312 e. The van der Waals surface area contributed by atoms with Gasteiger partial charge in [-0.05, 0) is 49.7 Å². The van der Waals surface area contributed by atoms with Crippen molar-refractivity contribution >= 4 is 21.4 Å². The van der Waals surface area contributed by atoms with Gasteiger partial charge in [0, 0.05) is 16.3 Å². The number of hydrogen-bond donors (Lipinski definition) is 2. The van der Waals surface area contributed by atoms with Crippen LogP contribution in [0.1, 0.15) is 15.3 Å². The van der Waals surface area contributed by atoms with Gasteiger partial charge in [-0.1, -0.05) is 12.1 Å². The summed E-state index contributed by atoms with van der Waals surface area (Å²) in [5.74, 6) is 0. The van der Waals surface area contributed by atoms with Crippen LogP contribution in [0.2, 0.25) is 0 Å². The highest BCUT2D eigenvalue weighted by molar-refractivity contribution is 7.89. The molecule has 0 saturated heterocycles. The van der Waals surface area contributed by atoms with Crippen molar-refractivity contribution in [1.29, 1.82) is 0 Å². The Bertz CT molecular complexity index is 661. The van der Waals surface area contributed by atoms with E-state index >= 15 is 0 Å². The molecule has 0 unspecified atom stereocenters. The fourth-order valence-corrected chi connectivity index (χ4v) is 3.25. The second kappa shape index (κ2) is 6.49. The van der Waals surface area contributed by atoms with Crippen LogP contribution in [-0.4, -0.2) is 15.0 Å². The number of benzene rings is 1. The Balaban J connectivity index is 1.80. The molecule has 1 aromatic carbocycles. The number of hydrogen-bond acceptors (Lipinski definition) is 4. The zero-order valence-corrected chi connectivity index (χ0v) is 12.9. The standard InChI is InChI=1S/C14H18N2O2S2/c1-11-2-5-13(19-11)10-16-9-8-12-3-6-14(7-4-12)20(15,17)18/h2-7,16H,8-10H2,1H3,(H2,15,17,18). The van der Waals surface area contributed by atoms with Crippen molar-refractivity contribution in [3.63, 3.8) is 0 Å². The van der Waals surface area contributed by atoms with Crippen LogP contribution in [0.15, 0.2) is 41.3 Å². The van der Waals surface area contributed by atoms with Gasteiger partial charge < -0.3 is 5.32 Å². The molecule has 2 rings (SSSR count). The van der Waals surface area contributed by atoms with E-state index in [1.807, 2.05) is 0 Å². The molecule has 4 nitrogen and oxygen atoms in total. The molecule has 1 aromatic heterocycles. The first-order valence-corrected chi connectivity index (χ1v) is 8.69. The van der Waals surface area contributed by atoms with Gasteiger partial charge in [-0.15, -0.1) is 11.3 Å². The van der Waals surface area contributed by atoms with E-state index in [9.17, 15) is 8.42 Å². The molecule has 0 spiro atoms. The molecule has 0 amide bonds. The number of sulfonamides is 1. The zero-order chi connectivity index (χ0) is 14.6. The zero-order valence-electron chi connectivity index (χ0n) is 11.3. The molecule has 0 fully saturated rings. The summed E-state index contributed by atoms with van der Waals surface area (Å²) in [4.78, 5) is 2.80. The fourth-order valence-electron chi connectivity index (χ4n) is 1.87. The van der Waals surface area contributed by atoms with Crippen LogP contribution >= 0.6 is 11.3 Å². The van der Waals surface area contributed by atoms with Crippen molar-refractivity contribution in [2.45, 2.75) is 24.8 Å². The van der Waals surface area contributed by atoms with E-state index in [1.165, 1.54) is 9.75 Å². The highest BCUT2D eigenvalue weighted by Crippen LogP contribution is 2.14. The van der Waals surface area contributed by atoms with E-state index in [4.69, 9.17) is 5.14 Å². The molecular weight excluding hydrogens is 292 g/mol. The Labute approximate surface area is 123 Å². The van der Waals surface area contributed by atoms with E-state index in [0.717, 1.165) is 25.1 Å². The SMILES string of the molecule is Cc1ccc(CNCCc2ccc(S(N)(=O)=O)cc2)s1. The summed E-state index contributed by atoms with van der Waals surface area (Å²) in [6.07, 6.45) is 0.856. The van der Waals surface area contributed by atoms with Crippen molar-refractivity contribution in [2.24, 2.45) is 5.14 Å². The lowest BCUT2D eigenvalue weighted by Crippen LogP contribution is -2.16. The molecule has 0 atom stereocenters. The highest BCUT2D eigenvalue weighted by Gasteiger charge is 2.06. The molecular formula is C14H18N2O2S2. The monoisotopic (exact) mass is 310 g/mol. The molecule has 0 bridgehead atoms. The van der Waals surface area contributed by atoms with Gasteiger partial charge in [0.15, 0.2) is 0 Å². The lowest BCUT2D eigenvalue weighted by molar-refractivity contribution is 0.597. The van der Waals surface area contributed by atoms with E-state index in [0.29, 0.717) is 0 Å². The van der Waals surface area contributed by atoms with Crippen molar-refractivity contribution in [2.75, 3.05) is 6.54 Å². The molecule has 2 aromatic rings. The van der Waals surface area contributed by atoms with Gasteiger partial charge >= 0.3 is 0 Å². The van der Waals surface area contributed by atoms with E-state index in [1.54, 1.807) is 35.6 Å². The Kier molecular flexibility index (Phi) is 4.93. The van der Waals surface area contributed by atoms with Crippen LogP contribution in [0.5, 0.6) is 0 Å². The predicted octanol–water partition coefficient (Wildman–Crippen LogP) is 2.04. The van der Waals surface area contributed by atoms with Gasteiger partial charge in [-0.25, -0.2) is 13.6 Å². The third kappa shape index (κ3) is 4.42. The normalized spacial score (nSPS) is 11.7. The van der Waals surface area contributed by atoms with E-state index in [2.05, 4.69) is 24.4 Å². The van der Waals surface area contributed by atoms with Gasteiger partial charge in [0.05, 0.1) is 4.90 Å². The molecule has 1 heterocycles. The highest BCUT2D eigenvalue weighted by atomic mass is 32.2. The summed E-state index contributed by atoms with van der Waals surface area (Å²) in [5.41, 5.74) is 1.09. The van der Waals surface area contributed by atoms with Gasteiger partial charge in [0.2, 0.25) is 10.0 Å². The molecule has 0 aliphatic rings. The maximum atomic E-state index is 11.1. The summed E-state index contributed by atoms with van der Waals surface area (Å²) < 4.78 is 22.3. The summed E-state index contributed by atoms with van der Waals surface area (Å²) in [5, 5.41) is 8.43. The third-order valence-corrected chi connectivity index (χ3v) is 4.87. The van der Waals surface area contributed by atoms with Crippen molar-refractivity contribution in [3.05, 3.63) is 51.7 Å². The topological polar surface area (TPSA) is 72.2 Å². The van der Waals surface area contributed by atoms with Crippen LogP contribution in [0, 0.1) is 6.92 Å². The first kappa shape index (κ1) is 15.2. The average Bonchev–Trinajstić information content (AvgIpc) is 2.80. The van der Waals surface area contributed by atoms with Gasteiger partial charge in [0.1, 0.15) is 0 Å². The lowest BCUT2D eigenvalue weighted by Gasteiger charge is -2.04. The van der Waals surface area contributed by atoms with Crippen LogP contribution < -0.4 is 10.5 Å². The number of thiophene rings is 1. The molecule has 0 aliphatic carbocycles. The fraction of sp³-hybridized carbons (Fsp3) is 0.286. The minimum absolute atomic E-state index is 0.156. The smallest absolute Gasteiger partial charge is 0.238 e. The second-order valence-corrected chi connectivity index (χ2v) is 7.56. The van der Waals surface area contributed by atoms with Gasteiger partial charge in [-0.3, -0.25) is 0 Å². The van der Waals surface area contributed by atoms with Crippen LogP contribution in [0.4, 0.5) is 0 Å². The number of rotatable bonds is 6. The predicted molar refractivity (Wildman–Crippen MR) is 82.3 cm³/mol. The van der Waals surface area contributed by atoms with Crippen LogP contribution in [0.25, 0.3) is 0 Å².